The smallest absolute Gasteiger partial charge is 0.318 e. The lowest BCUT2D eigenvalue weighted by atomic mass is 9.99. The molecule has 3 aliphatic rings. The lowest BCUT2D eigenvalue weighted by molar-refractivity contribution is -0.128. The maximum Gasteiger partial charge on any atom is 0.318 e. The number of piperazine rings is 1. The number of nitriles is 1. The highest BCUT2D eigenvalue weighted by Gasteiger charge is 2.33. The van der Waals surface area contributed by atoms with E-state index in [4.69, 9.17) is 14.7 Å². The fourth-order valence-corrected chi connectivity index (χ4v) is 6.90. The predicted octanol–water partition coefficient (Wildman–Crippen LogP) is 4.29. The Kier molecular flexibility index (Phi) is 8.94. The zero-order valence-electron chi connectivity index (χ0n) is 25.6. The number of benzene rings is 2. The zero-order chi connectivity index (χ0) is 30.6. The summed E-state index contributed by atoms with van der Waals surface area (Å²) < 4.78 is 19.0. The number of aromatic nitrogens is 2. The van der Waals surface area contributed by atoms with Crippen molar-refractivity contribution in [3.8, 4) is 12.1 Å². The minimum Gasteiger partial charge on any atom is -0.463 e. The van der Waals surface area contributed by atoms with Crippen LogP contribution in [-0.4, -0.2) is 91.3 Å². The number of hydrogen-bond acceptors (Lipinski definition) is 8. The Morgan fingerprint density at radius 1 is 1.11 bits per heavy atom. The molecule has 0 N–H and O–H groups in total. The average Bonchev–Trinajstić information content (AvgIpc) is 3.46. The molecule has 2 aromatic carbocycles. The van der Waals surface area contributed by atoms with Gasteiger partial charge in [0.1, 0.15) is 12.5 Å². The highest BCUT2D eigenvalue weighted by molar-refractivity contribution is 5.97. The van der Waals surface area contributed by atoms with Crippen molar-refractivity contribution in [1.29, 1.82) is 5.26 Å². The van der Waals surface area contributed by atoms with E-state index in [2.05, 4.69) is 71.1 Å². The molecule has 2 fully saturated rings. The van der Waals surface area contributed by atoms with E-state index in [-0.39, 0.29) is 18.4 Å². The molecule has 2 atom stereocenters. The molecule has 0 radical (unpaired) electrons. The fourth-order valence-electron chi connectivity index (χ4n) is 6.90. The molecular formula is C34H40FN7O2. The molecular weight excluding hydrogens is 557 g/mol. The highest BCUT2D eigenvalue weighted by atomic mass is 19.1. The Morgan fingerprint density at radius 2 is 1.95 bits per heavy atom. The molecule has 1 amide bonds. The first-order valence-electron chi connectivity index (χ1n) is 15.5. The minimum absolute atomic E-state index is 0.186. The first-order valence-corrected chi connectivity index (χ1v) is 15.5. The largest absolute Gasteiger partial charge is 0.463 e. The van der Waals surface area contributed by atoms with Gasteiger partial charge < -0.3 is 24.3 Å². The number of ether oxygens (including phenoxy) is 1. The van der Waals surface area contributed by atoms with Gasteiger partial charge in [-0.25, -0.2) is 4.39 Å². The van der Waals surface area contributed by atoms with Gasteiger partial charge in [-0.05, 0) is 56.4 Å². The van der Waals surface area contributed by atoms with Crippen LogP contribution in [0, 0.1) is 24.2 Å². The number of nitrogens with zero attached hydrogens (tertiary/aromatic N) is 7. The number of hydrogen-bond donors (Lipinski definition) is 0. The number of carbonyl (C=O) groups is 1. The average molecular weight is 598 g/mol. The van der Waals surface area contributed by atoms with E-state index >= 15 is 0 Å². The summed E-state index contributed by atoms with van der Waals surface area (Å²) in [5.41, 5.74) is 4.49. The lowest BCUT2D eigenvalue weighted by Gasteiger charge is -2.42. The molecule has 0 spiro atoms. The summed E-state index contributed by atoms with van der Waals surface area (Å²) in [5, 5.41) is 12.1. The molecule has 4 heterocycles. The topological polar surface area (TPSA) is 88.8 Å². The molecule has 0 saturated carbocycles. The maximum atomic E-state index is 12.8. The van der Waals surface area contributed by atoms with Gasteiger partial charge in [-0.1, -0.05) is 30.3 Å². The molecule has 1 aromatic heterocycles. The van der Waals surface area contributed by atoms with Gasteiger partial charge in [-0.15, -0.1) is 0 Å². The van der Waals surface area contributed by atoms with Crippen LogP contribution < -0.4 is 14.5 Å². The standard InChI is InChI=1S/C34H40FN7O2/c1-24-6-3-7-26-8-4-9-30(32(24)26)40-17-13-28-29(22-40)37-34(44-23-25-12-16-39(2)20-25)38-33(28)41-18-19-42(27(21-41)11-15-36)31(43)10-5-14-35/h3-10,25,27H,11-14,16-23H2,1-2H3/b10-5+/t25-,27+/m1/s1. The van der Waals surface area contributed by atoms with Crippen molar-refractivity contribution in [3.05, 3.63) is 65.4 Å². The molecule has 0 unspecified atom stereocenters. The monoisotopic (exact) mass is 597 g/mol. The van der Waals surface area contributed by atoms with E-state index < -0.39 is 6.67 Å². The second-order valence-corrected chi connectivity index (χ2v) is 12.2. The van der Waals surface area contributed by atoms with Crippen LogP contribution in [-0.2, 0) is 17.8 Å². The summed E-state index contributed by atoms with van der Waals surface area (Å²) in [5.74, 6) is 1.00. The number of halogens is 1. The minimum atomic E-state index is -0.697. The van der Waals surface area contributed by atoms with Crippen molar-refractivity contribution in [2.24, 2.45) is 5.92 Å². The third kappa shape index (κ3) is 6.20. The predicted molar refractivity (Wildman–Crippen MR) is 170 cm³/mol. The molecule has 0 aliphatic carbocycles. The number of aryl methyl sites for hydroxylation is 1. The summed E-state index contributed by atoms with van der Waals surface area (Å²) in [7, 11) is 2.13. The molecule has 2 saturated heterocycles. The Bertz CT molecular complexity index is 1580. The van der Waals surface area contributed by atoms with E-state index in [1.807, 2.05) is 0 Å². The van der Waals surface area contributed by atoms with Crippen molar-refractivity contribution in [1.82, 2.24) is 19.8 Å². The van der Waals surface area contributed by atoms with Crippen molar-refractivity contribution in [2.45, 2.75) is 38.8 Å². The number of likely N-dealkylation sites (tertiary alicyclic amines) is 1. The number of rotatable bonds is 8. The van der Waals surface area contributed by atoms with Crippen molar-refractivity contribution < 1.29 is 13.9 Å². The number of carbonyl (C=O) groups excluding carboxylic acids is 1. The summed E-state index contributed by atoms with van der Waals surface area (Å²) in [4.78, 5) is 31.3. The van der Waals surface area contributed by atoms with Gasteiger partial charge in [0.25, 0.3) is 0 Å². The Morgan fingerprint density at radius 3 is 2.73 bits per heavy atom. The second-order valence-electron chi connectivity index (χ2n) is 12.2. The number of allylic oxidation sites excluding steroid dienone is 1. The SMILES string of the molecule is Cc1cccc2cccc(N3CCc4c(nc(OC[C@@H]5CCN(C)C5)nc4N4CCN(C(=O)/C=C/CF)[C@@H](CC#N)C4)C3)c12. The number of fused-ring (bicyclic) bond motifs is 2. The van der Waals surface area contributed by atoms with Crippen LogP contribution in [0.1, 0.15) is 29.7 Å². The first-order chi connectivity index (χ1) is 21.4. The van der Waals surface area contributed by atoms with Gasteiger partial charge in [0.2, 0.25) is 5.91 Å². The Labute approximate surface area is 258 Å². The van der Waals surface area contributed by atoms with Crippen LogP contribution in [0.15, 0.2) is 48.6 Å². The van der Waals surface area contributed by atoms with E-state index in [0.717, 1.165) is 49.6 Å². The highest BCUT2D eigenvalue weighted by Crippen LogP contribution is 2.36. The Hall–Kier alpha value is -4.23. The number of alkyl halides is 1. The van der Waals surface area contributed by atoms with Crippen molar-refractivity contribution in [3.63, 3.8) is 0 Å². The quantitative estimate of drug-likeness (QED) is 0.356. The molecule has 3 aliphatic heterocycles. The summed E-state index contributed by atoms with van der Waals surface area (Å²) in [6, 6.07) is 15.2. The van der Waals surface area contributed by atoms with Crippen LogP contribution in [0.2, 0.25) is 0 Å². The molecule has 3 aromatic rings. The van der Waals surface area contributed by atoms with Gasteiger partial charge in [0.05, 0.1) is 37.4 Å². The third-order valence-corrected chi connectivity index (χ3v) is 9.13. The summed E-state index contributed by atoms with van der Waals surface area (Å²) >= 11 is 0. The normalized spacial score (nSPS) is 20.7. The fraction of sp³-hybridized carbons (Fsp3) is 0.471. The molecule has 9 nitrogen and oxygen atoms in total. The van der Waals surface area contributed by atoms with Crippen LogP contribution in [0.25, 0.3) is 10.8 Å². The molecule has 44 heavy (non-hydrogen) atoms. The first kappa shape index (κ1) is 29.8. The zero-order valence-corrected chi connectivity index (χ0v) is 25.6. The molecule has 6 rings (SSSR count). The van der Waals surface area contributed by atoms with Crippen LogP contribution in [0.5, 0.6) is 6.01 Å². The van der Waals surface area contributed by atoms with E-state index in [0.29, 0.717) is 44.7 Å². The second kappa shape index (κ2) is 13.2. The van der Waals surface area contributed by atoms with Crippen LogP contribution in [0.4, 0.5) is 15.9 Å². The third-order valence-electron chi connectivity index (χ3n) is 9.13. The molecule has 0 bridgehead atoms. The number of anilines is 2. The summed E-state index contributed by atoms with van der Waals surface area (Å²) in [6.45, 7) is 6.98. The van der Waals surface area contributed by atoms with Gasteiger partial charge >= 0.3 is 6.01 Å². The Balaban J connectivity index is 1.32. The maximum absolute atomic E-state index is 12.8. The van der Waals surface area contributed by atoms with Gasteiger partial charge in [-0.3, -0.25) is 4.79 Å². The summed E-state index contributed by atoms with van der Waals surface area (Å²) in [6.07, 6.45) is 4.52. The van der Waals surface area contributed by atoms with E-state index in [1.165, 1.54) is 34.2 Å². The van der Waals surface area contributed by atoms with Crippen molar-refractivity contribution >= 4 is 28.2 Å². The van der Waals surface area contributed by atoms with E-state index in [1.54, 1.807) is 4.90 Å². The molecule has 230 valence electrons. The van der Waals surface area contributed by atoms with Gasteiger partial charge in [0.15, 0.2) is 0 Å². The lowest BCUT2D eigenvalue weighted by Crippen LogP contribution is -2.55. The van der Waals surface area contributed by atoms with Crippen molar-refractivity contribution in [2.75, 3.05) is 69.4 Å². The van der Waals surface area contributed by atoms with E-state index in [9.17, 15) is 14.4 Å². The van der Waals surface area contributed by atoms with Crippen LogP contribution >= 0.6 is 0 Å². The van der Waals surface area contributed by atoms with Gasteiger partial charge in [0, 0.05) is 61.4 Å². The number of amides is 1. The molecule has 10 heteroatoms. The van der Waals surface area contributed by atoms with Gasteiger partial charge in [-0.2, -0.15) is 15.2 Å². The van der Waals surface area contributed by atoms with Crippen LogP contribution in [0.3, 0.4) is 0 Å².